The minimum atomic E-state index is 0.0611. The first kappa shape index (κ1) is 17.7. The van der Waals surface area contributed by atoms with E-state index in [1.807, 2.05) is 35.0 Å². The summed E-state index contributed by atoms with van der Waals surface area (Å²) in [5, 5.41) is 2.87. The van der Waals surface area contributed by atoms with E-state index in [0.29, 0.717) is 12.6 Å². The lowest BCUT2D eigenvalue weighted by Crippen LogP contribution is -2.48. The quantitative estimate of drug-likeness (QED) is 0.884. The van der Waals surface area contributed by atoms with Gasteiger partial charge in [0.25, 0.3) is 0 Å². The Morgan fingerprint density at radius 2 is 1.92 bits per heavy atom. The Morgan fingerprint density at radius 3 is 2.52 bits per heavy atom. The number of likely N-dealkylation sites (N-methyl/N-ethyl adjacent to an activating group) is 1. The summed E-state index contributed by atoms with van der Waals surface area (Å²) in [7, 11) is 1.88. The average Bonchev–Trinajstić information content (AvgIpc) is 3.07. The molecule has 2 fully saturated rings. The average molecular weight is 344 g/mol. The molecule has 0 unspecified atom stereocenters. The number of hydrogen-bond donors (Lipinski definition) is 1. The minimum Gasteiger partial charge on any atom is -0.338 e. The molecule has 0 radical (unpaired) electrons. The zero-order valence-electron chi connectivity index (χ0n) is 15.1. The largest absolute Gasteiger partial charge is 0.338 e. The van der Waals surface area contributed by atoms with Gasteiger partial charge in [-0.15, -0.1) is 0 Å². The standard InChI is InChI=1S/C19H28N4O2/c1-15(16-6-4-3-5-7-16)21(2)18(24)14-22-11-8-17(9-12-22)23-13-10-20-19(23)25/h3-7,15,17H,8-14H2,1-2H3,(H,20,25)/t15-/m1/s1. The Morgan fingerprint density at radius 1 is 1.24 bits per heavy atom. The molecule has 1 aromatic carbocycles. The maximum Gasteiger partial charge on any atom is 0.317 e. The highest BCUT2D eigenvalue weighted by Crippen LogP contribution is 2.21. The van der Waals surface area contributed by atoms with E-state index >= 15 is 0 Å². The van der Waals surface area contributed by atoms with Crippen molar-refractivity contribution in [2.75, 3.05) is 39.8 Å². The fourth-order valence-corrected chi connectivity index (χ4v) is 3.70. The lowest BCUT2D eigenvalue weighted by Gasteiger charge is -2.36. The number of nitrogens with one attached hydrogen (secondary N) is 1. The molecule has 136 valence electrons. The van der Waals surface area contributed by atoms with Crippen molar-refractivity contribution in [3.05, 3.63) is 35.9 Å². The predicted octanol–water partition coefficient (Wildman–Crippen LogP) is 1.70. The summed E-state index contributed by atoms with van der Waals surface area (Å²) >= 11 is 0. The second kappa shape index (κ2) is 7.87. The number of carbonyl (C=O) groups excluding carboxylic acids is 2. The zero-order valence-corrected chi connectivity index (χ0v) is 15.1. The van der Waals surface area contributed by atoms with Gasteiger partial charge >= 0.3 is 6.03 Å². The highest BCUT2D eigenvalue weighted by Gasteiger charge is 2.31. The molecular weight excluding hydrogens is 316 g/mol. The van der Waals surface area contributed by atoms with Gasteiger partial charge in [0, 0.05) is 39.3 Å². The van der Waals surface area contributed by atoms with Crippen LogP contribution in [0.25, 0.3) is 0 Å². The van der Waals surface area contributed by atoms with E-state index in [-0.39, 0.29) is 18.0 Å². The summed E-state index contributed by atoms with van der Waals surface area (Å²) in [6, 6.07) is 10.6. The first-order valence-electron chi connectivity index (χ1n) is 9.13. The van der Waals surface area contributed by atoms with Gasteiger partial charge in [-0.3, -0.25) is 9.69 Å². The van der Waals surface area contributed by atoms with Crippen molar-refractivity contribution in [2.24, 2.45) is 0 Å². The summed E-state index contributed by atoms with van der Waals surface area (Å²) in [5.74, 6) is 0.147. The van der Waals surface area contributed by atoms with Gasteiger partial charge in [-0.05, 0) is 25.3 Å². The molecule has 0 aliphatic carbocycles. The van der Waals surface area contributed by atoms with Crippen molar-refractivity contribution in [3.8, 4) is 0 Å². The SMILES string of the molecule is C[C@H](c1ccccc1)N(C)C(=O)CN1CCC(N2CCNC2=O)CC1. The summed E-state index contributed by atoms with van der Waals surface area (Å²) in [4.78, 5) is 30.4. The zero-order chi connectivity index (χ0) is 17.8. The molecule has 0 spiro atoms. The van der Waals surface area contributed by atoms with E-state index in [4.69, 9.17) is 0 Å². The van der Waals surface area contributed by atoms with Gasteiger partial charge in [-0.1, -0.05) is 30.3 Å². The third-order valence-electron chi connectivity index (χ3n) is 5.50. The highest BCUT2D eigenvalue weighted by atomic mass is 16.2. The molecule has 1 N–H and O–H groups in total. The normalized spacial score (nSPS) is 20.4. The maximum absolute atomic E-state index is 12.6. The van der Waals surface area contributed by atoms with Crippen LogP contribution in [-0.2, 0) is 4.79 Å². The van der Waals surface area contributed by atoms with Crippen molar-refractivity contribution in [3.63, 3.8) is 0 Å². The number of benzene rings is 1. The number of carbonyl (C=O) groups is 2. The molecule has 2 aliphatic rings. The summed E-state index contributed by atoms with van der Waals surface area (Å²) in [5.41, 5.74) is 1.15. The van der Waals surface area contributed by atoms with Gasteiger partial charge in [0.15, 0.2) is 0 Å². The lowest BCUT2D eigenvalue weighted by molar-refractivity contribution is -0.133. The monoisotopic (exact) mass is 344 g/mol. The van der Waals surface area contributed by atoms with Crippen molar-refractivity contribution in [2.45, 2.75) is 31.8 Å². The van der Waals surface area contributed by atoms with Crippen LogP contribution in [0.1, 0.15) is 31.4 Å². The number of rotatable bonds is 5. The number of amides is 3. The third-order valence-corrected chi connectivity index (χ3v) is 5.50. The predicted molar refractivity (Wildman–Crippen MR) is 97.2 cm³/mol. The van der Waals surface area contributed by atoms with E-state index in [2.05, 4.69) is 29.3 Å². The Kier molecular flexibility index (Phi) is 5.58. The molecule has 25 heavy (non-hydrogen) atoms. The van der Waals surface area contributed by atoms with Crippen LogP contribution in [0.2, 0.25) is 0 Å². The molecule has 6 nitrogen and oxygen atoms in total. The van der Waals surface area contributed by atoms with Crippen LogP contribution in [0.3, 0.4) is 0 Å². The Bertz CT molecular complexity index is 599. The summed E-state index contributed by atoms with van der Waals surface area (Å²) in [6.07, 6.45) is 1.89. The van der Waals surface area contributed by atoms with E-state index in [1.165, 1.54) is 0 Å². The van der Waals surface area contributed by atoms with Crippen LogP contribution in [0.15, 0.2) is 30.3 Å². The van der Waals surface area contributed by atoms with Gasteiger partial charge < -0.3 is 15.1 Å². The molecule has 2 heterocycles. The Balaban J connectivity index is 1.48. The Labute approximate surface area is 149 Å². The van der Waals surface area contributed by atoms with Gasteiger partial charge in [0.05, 0.1) is 12.6 Å². The van der Waals surface area contributed by atoms with Crippen LogP contribution in [0.5, 0.6) is 0 Å². The summed E-state index contributed by atoms with van der Waals surface area (Å²) in [6.45, 7) is 5.80. The molecule has 0 aromatic heterocycles. The molecule has 2 saturated heterocycles. The van der Waals surface area contributed by atoms with Gasteiger partial charge in [-0.25, -0.2) is 4.79 Å². The number of hydrogen-bond acceptors (Lipinski definition) is 3. The molecule has 3 amide bonds. The molecule has 0 saturated carbocycles. The number of likely N-dealkylation sites (tertiary alicyclic amines) is 1. The van der Waals surface area contributed by atoms with Gasteiger partial charge in [0.1, 0.15) is 0 Å². The third kappa shape index (κ3) is 4.12. The molecule has 1 atom stereocenters. The van der Waals surface area contributed by atoms with Gasteiger partial charge in [-0.2, -0.15) is 0 Å². The van der Waals surface area contributed by atoms with E-state index < -0.39 is 0 Å². The van der Waals surface area contributed by atoms with E-state index in [1.54, 1.807) is 0 Å². The smallest absolute Gasteiger partial charge is 0.317 e. The number of urea groups is 1. The molecule has 0 bridgehead atoms. The molecule has 2 aliphatic heterocycles. The van der Waals surface area contributed by atoms with Crippen LogP contribution >= 0.6 is 0 Å². The second-order valence-corrected chi connectivity index (χ2v) is 7.02. The lowest BCUT2D eigenvalue weighted by atomic mass is 10.0. The maximum atomic E-state index is 12.6. The van der Waals surface area contributed by atoms with Crippen molar-refractivity contribution < 1.29 is 9.59 Å². The second-order valence-electron chi connectivity index (χ2n) is 7.02. The Hall–Kier alpha value is -2.08. The molecule has 1 aromatic rings. The van der Waals surface area contributed by atoms with Crippen LogP contribution in [0.4, 0.5) is 4.79 Å². The van der Waals surface area contributed by atoms with Crippen molar-refractivity contribution in [1.82, 2.24) is 20.0 Å². The van der Waals surface area contributed by atoms with E-state index in [9.17, 15) is 9.59 Å². The van der Waals surface area contributed by atoms with Crippen molar-refractivity contribution in [1.29, 1.82) is 0 Å². The molecule has 6 heteroatoms. The molecule has 3 rings (SSSR count). The summed E-state index contributed by atoms with van der Waals surface area (Å²) < 4.78 is 0. The first-order valence-corrected chi connectivity index (χ1v) is 9.13. The fraction of sp³-hybridized carbons (Fsp3) is 0.579. The topological polar surface area (TPSA) is 55.9 Å². The van der Waals surface area contributed by atoms with Crippen LogP contribution in [0, 0.1) is 0 Å². The van der Waals surface area contributed by atoms with Crippen LogP contribution in [-0.4, -0.2) is 72.5 Å². The molecular formula is C19H28N4O2. The van der Waals surface area contributed by atoms with Crippen molar-refractivity contribution >= 4 is 11.9 Å². The number of nitrogens with zero attached hydrogens (tertiary/aromatic N) is 3. The van der Waals surface area contributed by atoms with Crippen LogP contribution < -0.4 is 5.32 Å². The highest BCUT2D eigenvalue weighted by molar-refractivity contribution is 5.78. The first-order chi connectivity index (χ1) is 12.1. The fourth-order valence-electron chi connectivity index (χ4n) is 3.70. The van der Waals surface area contributed by atoms with Gasteiger partial charge in [0.2, 0.25) is 5.91 Å². The minimum absolute atomic E-state index is 0.0611. The number of piperidine rings is 1. The van der Waals surface area contributed by atoms with E-state index in [0.717, 1.165) is 44.6 Å².